The van der Waals surface area contributed by atoms with Crippen molar-refractivity contribution in [3.05, 3.63) is 48.0 Å². The van der Waals surface area contributed by atoms with E-state index in [4.69, 9.17) is 9.47 Å². The Morgan fingerprint density at radius 3 is 2.67 bits per heavy atom. The minimum absolute atomic E-state index is 0.0140. The van der Waals surface area contributed by atoms with E-state index in [-0.39, 0.29) is 17.7 Å². The van der Waals surface area contributed by atoms with Crippen LogP contribution in [-0.2, 0) is 4.79 Å². The maximum atomic E-state index is 13.2. The summed E-state index contributed by atoms with van der Waals surface area (Å²) in [6, 6.07) is 12.5. The topological polar surface area (TPSA) is 67.9 Å². The lowest BCUT2D eigenvalue weighted by Crippen LogP contribution is -2.43. The van der Waals surface area contributed by atoms with E-state index >= 15 is 0 Å². The van der Waals surface area contributed by atoms with Crippen LogP contribution in [0.4, 0.5) is 11.4 Å². The van der Waals surface area contributed by atoms with Crippen molar-refractivity contribution in [3.8, 4) is 11.5 Å². The van der Waals surface area contributed by atoms with Crippen LogP contribution in [0.1, 0.15) is 45.0 Å². The van der Waals surface area contributed by atoms with Crippen molar-refractivity contribution in [2.24, 2.45) is 11.3 Å². The summed E-state index contributed by atoms with van der Waals surface area (Å²) in [5.41, 5.74) is 1.10. The number of carbonyl (C=O) groups is 2. The highest BCUT2D eigenvalue weighted by atomic mass is 16.5. The maximum absolute atomic E-state index is 13.2. The molecule has 0 saturated heterocycles. The minimum atomic E-state index is -0.631. The standard InChI is InChI=1S/C24H30N2O4/c1-6-29-20-10-8-7-9-18(20)22(27)25-17-11-12-21-19(13-17)26(14-16(2)3)23(28)24(4,5)15-30-21/h7-13,16H,6,14-15H2,1-5H3,(H,25,27). The Hall–Kier alpha value is -3.02. The molecule has 30 heavy (non-hydrogen) atoms. The minimum Gasteiger partial charge on any atom is -0.493 e. The van der Waals surface area contributed by atoms with Gasteiger partial charge in [0.05, 0.1) is 23.3 Å². The lowest BCUT2D eigenvalue weighted by Gasteiger charge is -2.29. The van der Waals surface area contributed by atoms with Gasteiger partial charge in [0.1, 0.15) is 18.1 Å². The van der Waals surface area contributed by atoms with Crippen LogP contribution in [0.5, 0.6) is 11.5 Å². The number of nitrogens with one attached hydrogen (secondary N) is 1. The fourth-order valence-corrected chi connectivity index (χ4v) is 3.40. The van der Waals surface area contributed by atoms with E-state index < -0.39 is 5.41 Å². The number of hydrogen-bond donors (Lipinski definition) is 1. The van der Waals surface area contributed by atoms with Crippen molar-refractivity contribution in [2.75, 3.05) is 30.0 Å². The van der Waals surface area contributed by atoms with Crippen LogP contribution < -0.4 is 19.7 Å². The molecule has 160 valence electrons. The molecule has 0 fully saturated rings. The monoisotopic (exact) mass is 410 g/mol. The van der Waals surface area contributed by atoms with Crippen LogP contribution >= 0.6 is 0 Å². The number of amides is 2. The fourth-order valence-electron chi connectivity index (χ4n) is 3.40. The summed E-state index contributed by atoms with van der Waals surface area (Å²) in [7, 11) is 0. The molecule has 6 heteroatoms. The van der Waals surface area contributed by atoms with Gasteiger partial charge in [0.15, 0.2) is 0 Å². The molecular weight excluding hydrogens is 380 g/mol. The maximum Gasteiger partial charge on any atom is 0.259 e. The summed E-state index contributed by atoms with van der Waals surface area (Å²) in [6.07, 6.45) is 0. The molecule has 0 aliphatic carbocycles. The van der Waals surface area contributed by atoms with Gasteiger partial charge < -0.3 is 19.7 Å². The van der Waals surface area contributed by atoms with Gasteiger partial charge in [0, 0.05) is 12.2 Å². The van der Waals surface area contributed by atoms with E-state index in [0.717, 1.165) is 0 Å². The third-order valence-corrected chi connectivity index (χ3v) is 4.90. The number of anilines is 2. The zero-order valence-corrected chi connectivity index (χ0v) is 18.3. The molecule has 6 nitrogen and oxygen atoms in total. The molecule has 0 bridgehead atoms. The number of carbonyl (C=O) groups excluding carboxylic acids is 2. The first-order valence-corrected chi connectivity index (χ1v) is 10.3. The average molecular weight is 411 g/mol. The molecule has 1 N–H and O–H groups in total. The van der Waals surface area contributed by atoms with E-state index in [0.29, 0.717) is 48.2 Å². The number of nitrogens with zero attached hydrogens (tertiary/aromatic N) is 1. The molecule has 0 unspecified atom stereocenters. The second kappa shape index (κ2) is 8.78. The Morgan fingerprint density at radius 2 is 1.97 bits per heavy atom. The van der Waals surface area contributed by atoms with Crippen LogP contribution in [-0.4, -0.2) is 31.6 Å². The van der Waals surface area contributed by atoms with Crippen molar-refractivity contribution < 1.29 is 19.1 Å². The molecule has 0 saturated carbocycles. The predicted octanol–water partition coefficient (Wildman–Crippen LogP) is 4.75. The lowest BCUT2D eigenvalue weighted by molar-refractivity contribution is -0.127. The lowest BCUT2D eigenvalue weighted by atomic mass is 9.92. The second-order valence-electron chi connectivity index (χ2n) is 8.55. The summed E-state index contributed by atoms with van der Waals surface area (Å²) < 4.78 is 11.5. The summed E-state index contributed by atoms with van der Waals surface area (Å²) in [5, 5.41) is 2.92. The molecule has 2 amide bonds. The third-order valence-electron chi connectivity index (χ3n) is 4.90. The number of para-hydroxylation sites is 1. The van der Waals surface area contributed by atoms with Gasteiger partial charge >= 0.3 is 0 Å². The van der Waals surface area contributed by atoms with Gasteiger partial charge in [0.25, 0.3) is 5.91 Å². The van der Waals surface area contributed by atoms with Gasteiger partial charge in [-0.2, -0.15) is 0 Å². The van der Waals surface area contributed by atoms with Gasteiger partial charge in [-0.05, 0) is 57.0 Å². The smallest absolute Gasteiger partial charge is 0.259 e. The van der Waals surface area contributed by atoms with E-state index in [2.05, 4.69) is 19.2 Å². The summed E-state index contributed by atoms with van der Waals surface area (Å²) in [5.74, 6) is 1.21. The molecule has 0 spiro atoms. The number of ether oxygens (including phenoxy) is 2. The van der Waals surface area contributed by atoms with Crippen LogP contribution in [0.2, 0.25) is 0 Å². The van der Waals surface area contributed by atoms with Gasteiger partial charge in [-0.3, -0.25) is 9.59 Å². The van der Waals surface area contributed by atoms with Crippen molar-refractivity contribution >= 4 is 23.2 Å². The number of benzene rings is 2. The molecule has 2 aromatic carbocycles. The summed E-state index contributed by atoms with van der Waals surface area (Å²) in [6.45, 7) is 11.2. The van der Waals surface area contributed by atoms with E-state index in [9.17, 15) is 9.59 Å². The molecular formula is C24H30N2O4. The largest absolute Gasteiger partial charge is 0.493 e. The summed E-state index contributed by atoms with van der Waals surface area (Å²) >= 11 is 0. The van der Waals surface area contributed by atoms with Gasteiger partial charge in [0.2, 0.25) is 5.91 Å². The van der Waals surface area contributed by atoms with Crippen LogP contribution in [0, 0.1) is 11.3 Å². The Balaban J connectivity index is 1.93. The van der Waals surface area contributed by atoms with Crippen molar-refractivity contribution in [1.29, 1.82) is 0 Å². The highest BCUT2D eigenvalue weighted by Gasteiger charge is 2.38. The molecule has 3 rings (SSSR count). The molecule has 1 aliphatic rings. The SMILES string of the molecule is CCOc1ccccc1C(=O)Nc1ccc2c(c1)N(CC(C)C)C(=O)C(C)(C)CO2. The number of hydrogen-bond acceptors (Lipinski definition) is 4. The fraction of sp³-hybridized carbons (Fsp3) is 0.417. The Morgan fingerprint density at radius 1 is 1.23 bits per heavy atom. The van der Waals surface area contributed by atoms with Crippen LogP contribution in [0.15, 0.2) is 42.5 Å². The van der Waals surface area contributed by atoms with E-state index in [1.54, 1.807) is 41.3 Å². The number of fused-ring (bicyclic) bond motifs is 1. The Labute approximate surface area is 178 Å². The Kier molecular flexibility index (Phi) is 6.34. The first-order chi connectivity index (χ1) is 14.2. The Bertz CT molecular complexity index is 937. The van der Waals surface area contributed by atoms with E-state index in [1.807, 2.05) is 26.8 Å². The van der Waals surface area contributed by atoms with Crippen molar-refractivity contribution in [3.63, 3.8) is 0 Å². The molecule has 0 radical (unpaired) electrons. The normalized spacial score (nSPS) is 15.3. The molecule has 0 aromatic heterocycles. The zero-order chi connectivity index (χ0) is 21.9. The first kappa shape index (κ1) is 21.7. The first-order valence-electron chi connectivity index (χ1n) is 10.3. The van der Waals surface area contributed by atoms with Crippen molar-refractivity contribution in [1.82, 2.24) is 0 Å². The number of rotatable bonds is 6. The quantitative estimate of drug-likeness (QED) is 0.747. The van der Waals surface area contributed by atoms with Crippen LogP contribution in [0.3, 0.4) is 0 Å². The highest BCUT2D eigenvalue weighted by molar-refractivity contribution is 6.07. The molecule has 0 atom stereocenters. The van der Waals surface area contributed by atoms with Gasteiger partial charge in [-0.25, -0.2) is 0 Å². The highest BCUT2D eigenvalue weighted by Crippen LogP contribution is 2.38. The molecule has 1 aliphatic heterocycles. The van der Waals surface area contributed by atoms with Gasteiger partial charge in [-0.1, -0.05) is 26.0 Å². The second-order valence-corrected chi connectivity index (χ2v) is 8.55. The predicted molar refractivity (Wildman–Crippen MR) is 118 cm³/mol. The molecule has 2 aromatic rings. The zero-order valence-electron chi connectivity index (χ0n) is 18.3. The third kappa shape index (κ3) is 4.58. The van der Waals surface area contributed by atoms with Crippen LogP contribution in [0.25, 0.3) is 0 Å². The molecule has 1 heterocycles. The van der Waals surface area contributed by atoms with E-state index in [1.165, 1.54) is 0 Å². The average Bonchev–Trinajstić information content (AvgIpc) is 2.79. The van der Waals surface area contributed by atoms with Gasteiger partial charge in [-0.15, -0.1) is 0 Å². The van der Waals surface area contributed by atoms with Crippen molar-refractivity contribution in [2.45, 2.75) is 34.6 Å². The summed E-state index contributed by atoms with van der Waals surface area (Å²) in [4.78, 5) is 27.8.